The van der Waals surface area contributed by atoms with Gasteiger partial charge in [0, 0.05) is 10.9 Å². The average molecular weight is 369 g/mol. The van der Waals surface area contributed by atoms with Crippen LogP contribution in [0.25, 0.3) is 33.3 Å². The molecular weight excluding hydrogens is 356 g/mol. The van der Waals surface area contributed by atoms with Crippen molar-refractivity contribution in [2.24, 2.45) is 0 Å². The molecule has 23 heavy (non-hydrogen) atoms. The highest BCUT2D eigenvalue weighted by Gasteiger charge is 2.12. The van der Waals surface area contributed by atoms with Crippen molar-refractivity contribution < 1.29 is 4.79 Å². The Labute approximate surface area is 140 Å². The van der Waals surface area contributed by atoms with Gasteiger partial charge in [-0.25, -0.2) is 4.98 Å². The molecule has 0 radical (unpaired) electrons. The summed E-state index contributed by atoms with van der Waals surface area (Å²) in [5.41, 5.74) is 3.85. The Balaban J connectivity index is 1.85. The van der Waals surface area contributed by atoms with Crippen molar-refractivity contribution in [3.8, 4) is 11.4 Å². The number of H-pyrrole nitrogens is 1. The molecule has 4 rings (SSSR count). The van der Waals surface area contributed by atoms with Gasteiger partial charge >= 0.3 is 0 Å². The molecule has 0 spiro atoms. The number of para-hydroxylation sites is 2. The van der Waals surface area contributed by atoms with Crippen LogP contribution < -0.4 is 0 Å². The number of hydrogen-bond donors (Lipinski definition) is 1. The highest BCUT2D eigenvalue weighted by Crippen LogP contribution is 2.29. The Kier molecular flexibility index (Phi) is 3.27. The number of carbonyl (C=O) groups excluding carboxylic acids is 1. The topological polar surface area (TPSA) is 63.6 Å². The Morgan fingerprint density at radius 1 is 1.26 bits per heavy atom. The van der Waals surface area contributed by atoms with E-state index in [9.17, 15) is 4.79 Å². The second-order valence-electron chi connectivity index (χ2n) is 5.48. The summed E-state index contributed by atoms with van der Waals surface area (Å²) in [6, 6.07) is 13.9. The summed E-state index contributed by atoms with van der Waals surface area (Å²) in [5.74, 6) is 0.891. The third-order valence-electron chi connectivity index (χ3n) is 3.74. The van der Waals surface area contributed by atoms with E-state index in [1.807, 2.05) is 42.5 Å². The second kappa shape index (κ2) is 5.31. The lowest BCUT2D eigenvalue weighted by atomic mass is 10.1. The molecular formula is C17H13BrN4O. The summed E-state index contributed by atoms with van der Waals surface area (Å²) in [4.78, 5) is 19.3. The number of imidazole rings is 1. The molecule has 2 aromatic heterocycles. The fourth-order valence-corrected chi connectivity index (χ4v) is 3.22. The number of nitrogens with one attached hydrogen (secondary N) is 1. The monoisotopic (exact) mass is 368 g/mol. The highest BCUT2D eigenvalue weighted by molar-refractivity contribution is 9.10. The first kappa shape index (κ1) is 14.1. The van der Waals surface area contributed by atoms with Crippen LogP contribution >= 0.6 is 15.9 Å². The molecule has 2 heterocycles. The molecule has 0 bridgehead atoms. The zero-order valence-corrected chi connectivity index (χ0v) is 14.0. The lowest BCUT2D eigenvalue weighted by Gasteiger charge is -2.01. The Bertz CT molecular complexity index is 1010. The van der Waals surface area contributed by atoms with Crippen LogP contribution in [0.5, 0.6) is 0 Å². The minimum Gasteiger partial charge on any atom is -0.338 e. The van der Waals surface area contributed by atoms with Gasteiger partial charge in [0.2, 0.25) is 0 Å². The van der Waals surface area contributed by atoms with Crippen molar-refractivity contribution in [2.75, 3.05) is 0 Å². The first-order valence-electron chi connectivity index (χ1n) is 7.22. The van der Waals surface area contributed by atoms with E-state index in [0.29, 0.717) is 0 Å². The van der Waals surface area contributed by atoms with Gasteiger partial charge in [-0.15, -0.1) is 0 Å². The Morgan fingerprint density at radius 2 is 2.09 bits per heavy atom. The Morgan fingerprint density at radius 3 is 2.87 bits per heavy atom. The number of aromatic amines is 1. The van der Waals surface area contributed by atoms with Crippen LogP contribution in [0.1, 0.15) is 6.92 Å². The first-order valence-corrected chi connectivity index (χ1v) is 8.02. The summed E-state index contributed by atoms with van der Waals surface area (Å²) < 4.78 is 2.44. The number of halogens is 1. The minimum absolute atomic E-state index is 0.0725. The summed E-state index contributed by atoms with van der Waals surface area (Å²) in [6.45, 7) is 1.83. The zero-order chi connectivity index (χ0) is 16.0. The number of carbonyl (C=O) groups is 1. The van der Waals surface area contributed by atoms with Crippen molar-refractivity contribution in [1.29, 1.82) is 0 Å². The van der Waals surface area contributed by atoms with Gasteiger partial charge in [0.1, 0.15) is 10.4 Å². The van der Waals surface area contributed by atoms with Crippen LogP contribution in [0.4, 0.5) is 0 Å². The van der Waals surface area contributed by atoms with E-state index < -0.39 is 0 Å². The maximum Gasteiger partial charge on any atom is 0.151 e. The van der Waals surface area contributed by atoms with Crippen LogP contribution in [0.3, 0.4) is 0 Å². The molecule has 4 aromatic rings. The molecule has 0 unspecified atom stereocenters. The number of hydrogen-bond acceptors (Lipinski definition) is 3. The van der Waals surface area contributed by atoms with Gasteiger partial charge in [-0.2, -0.15) is 5.10 Å². The van der Waals surface area contributed by atoms with Gasteiger partial charge < -0.3 is 4.98 Å². The van der Waals surface area contributed by atoms with E-state index in [4.69, 9.17) is 0 Å². The highest BCUT2D eigenvalue weighted by atomic mass is 79.9. The zero-order valence-electron chi connectivity index (χ0n) is 12.4. The van der Waals surface area contributed by atoms with Crippen molar-refractivity contribution in [2.45, 2.75) is 13.5 Å². The van der Waals surface area contributed by atoms with Gasteiger partial charge in [0.15, 0.2) is 5.78 Å². The van der Waals surface area contributed by atoms with E-state index in [0.717, 1.165) is 37.9 Å². The van der Waals surface area contributed by atoms with E-state index >= 15 is 0 Å². The van der Waals surface area contributed by atoms with E-state index in [1.54, 1.807) is 11.6 Å². The standard InChI is InChI=1S/C17H13BrN4O/c1-10(23)9-22-15-7-6-11(8-12(15)16(18)21-22)17-19-13-4-2-3-5-14(13)20-17/h2-8H,9H2,1H3,(H,19,20). The van der Waals surface area contributed by atoms with Gasteiger partial charge in [-0.05, 0) is 53.2 Å². The SMILES string of the molecule is CC(=O)Cn1nc(Br)c2cc(-c3nc4ccccc4[nH]3)ccc21. The largest absolute Gasteiger partial charge is 0.338 e. The molecule has 2 aromatic carbocycles. The third-order valence-corrected chi connectivity index (χ3v) is 4.33. The first-order chi connectivity index (χ1) is 11.1. The third kappa shape index (κ3) is 2.45. The van der Waals surface area contributed by atoms with Crippen LogP contribution in [0, 0.1) is 0 Å². The molecule has 5 nitrogen and oxygen atoms in total. The van der Waals surface area contributed by atoms with E-state index in [2.05, 4.69) is 31.0 Å². The molecule has 0 aliphatic rings. The average Bonchev–Trinajstić information content (AvgIpc) is 3.08. The van der Waals surface area contributed by atoms with Gasteiger partial charge in [0.05, 0.1) is 23.1 Å². The fraction of sp³-hybridized carbons (Fsp3) is 0.118. The van der Waals surface area contributed by atoms with Crippen molar-refractivity contribution >= 4 is 43.6 Å². The summed E-state index contributed by atoms with van der Waals surface area (Å²) in [5, 5.41) is 5.35. The van der Waals surface area contributed by atoms with Crippen LogP contribution in [0.2, 0.25) is 0 Å². The van der Waals surface area contributed by atoms with E-state index in [-0.39, 0.29) is 12.3 Å². The predicted molar refractivity (Wildman–Crippen MR) is 93.2 cm³/mol. The number of nitrogens with zero attached hydrogens (tertiary/aromatic N) is 3. The summed E-state index contributed by atoms with van der Waals surface area (Å²) >= 11 is 3.48. The molecule has 0 saturated carbocycles. The molecule has 0 atom stereocenters. The van der Waals surface area contributed by atoms with Crippen molar-refractivity contribution in [1.82, 2.24) is 19.7 Å². The maximum absolute atomic E-state index is 11.4. The molecule has 0 saturated heterocycles. The quantitative estimate of drug-likeness (QED) is 0.595. The number of Topliss-reactive ketones (excluding diaryl/α,β-unsaturated/α-hetero) is 1. The molecule has 0 amide bonds. The molecule has 1 N–H and O–H groups in total. The lowest BCUT2D eigenvalue weighted by molar-refractivity contribution is -0.117. The number of ketones is 1. The number of aromatic nitrogens is 4. The molecule has 6 heteroatoms. The lowest BCUT2D eigenvalue weighted by Crippen LogP contribution is -2.07. The van der Waals surface area contributed by atoms with Crippen LogP contribution in [-0.2, 0) is 11.3 Å². The number of rotatable bonds is 3. The molecule has 0 aliphatic carbocycles. The van der Waals surface area contributed by atoms with Crippen LogP contribution in [0.15, 0.2) is 47.1 Å². The fourth-order valence-electron chi connectivity index (χ4n) is 2.71. The molecule has 0 fully saturated rings. The normalized spacial score (nSPS) is 11.4. The molecule has 0 aliphatic heterocycles. The summed E-state index contributed by atoms with van der Waals surface area (Å²) in [6.07, 6.45) is 0. The Hall–Kier alpha value is -2.47. The van der Waals surface area contributed by atoms with Crippen LogP contribution in [-0.4, -0.2) is 25.5 Å². The number of benzene rings is 2. The summed E-state index contributed by atoms with van der Waals surface area (Å²) in [7, 11) is 0. The predicted octanol–water partition coefficient (Wildman–Crippen LogP) is 3.93. The minimum atomic E-state index is 0.0725. The maximum atomic E-state index is 11.4. The number of fused-ring (bicyclic) bond motifs is 2. The van der Waals surface area contributed by atoms with Gasteiger partial charge in [-0.3, -0.25) is 9.48 Å². The van der Waals surface area contributed by atoms with Crippen molar-refractivity contribution in [3.63, 3.8) is 0 Å². The van der Waals surface area contributed by atoms with E-state index in [1.165, 1.54) is 0 Å². The smallest absolute Gasteiger partial charge is 0.151 e. The van der Waals surface area contributed by atoms with Gasteiger partial charge in [0.25, 0.3) is 0 Å². The van der Waals surface area contributed by atoms with Crippen molar-refractivity contribution in [3.05, 3.63) is 47.1 Å². The second-order valence-corrected chi connectivity index (χ2v) is 6.24. The molecule has 114 valence electrons. The van der Waals surface area contributed by atoms with Gasteiger partial charge in [-0.1, -0.05) is 12.1 Å².